The average Bonchev–Trinajstić information content (AvgIpc) is 2.42. The zero-order valence-electron chi connectivity index (χ0n) is 10.7. The fourth-order valence-corrected chi connectivity index (χ4v) is 1.63. The van der Waals surface area contributed by atoms with Gasteiger partial charge in [0.1, 0.15) is 5.75 Å². The molecule has 0 saturated carbocycles. The molecule has 0 unspecified atom stereocenters. The molecule has 0 aliphatic carbocycles. The van der Waals surface area contributed by atoms with Crippen molar-refractivity contribution in [3.8, 4) is 5.75 Å². The Kier molecular flexibility index (Phi) is 3.91. The van der Waals surface area contributed by atoms with Crippen LogP contribution in [-0.4, -0.2) is 11.0 Å². The zero-order valence-corrected chi connectivity index (χ0v) is 10.7. The summed E-state index contributed by atoms with van der Waals surface area (Å²) in [6.07, 6.45) is 2.97. The van der Waals surface area contributed by atoms with Crippen molar-refractivity contribution >= 4 is 29.0 Å². The van der Waals surface area contributed by atoms with Crippen LogP contribution in [0.2, 0.25) is 0 Å². The Morgan fingerprint density at radius 2 is 1.80 bits per heavy atom. The molecule has 2 aromatic rings. The van der Waals surface area contributed by atoms with E-state index in [0.717, 1.165) is 0 Å². The smallest absolute Gasteiger partial charge is 0.248 e. The highest BCUT2D eigenvalue weighted by Gasteiger charge is 2.00. The lowest BCUT2D eigenvalue weighted by molar-refractivity contribution is -0.111. The minimum Gasteiger partial charge on any atom is -0.508 e. The minimum atomic E-state index is -0.294. The molecule has 0 bridgehead atoms. The molecule has 0 spiro atoms. The molecular formula is C15H15N3O2. The summed E-state index contributed by atoms with van der Waals surface area (Å²) in [6.45, 7) is 0. The number of benzene rings is 2. The summed E-state index contributed by atoms with van der Waals surface area (Å²) >= 11 is 0. The van der Waals surface area contributed by atoms with Crippen molar-refractivity contribution in [3.05, 3.63) is 54.1 Å². The normalized spacial score (nSPS) is 10.6. The number of nitrogens with one attached hydrogen (secondary N) is 1. The van der Waals surface area contributed by atoms with E-state index in [1.165, 1.54) is 18.2 Å². The molecule has 0 fully saturated rings. The van der Waals surface area contributed by atoms with Crippen LogP contribution in [0.5, 0.6) is 5.75 Å². The molecule has 0 radical (unpaired) electrons. The van der Waals surface area contributed by atoms with Gasteiger partial charge >= 0.3 is 0 Å². The van der Waals surface area contributed by atoms with Gasteiger partial charge in [0.2, 0.25) is 5.91 Å². The SMILES string of the molecule is Nc1ccc(N)c(C=CC(=O)Nc2ccc(O)cc2)c1. The van der Waals surface area contributed by atoms with E-state index in [1.807, 2.05) is 0 Å². The molecule has 0 heterocycles. The molecule has 0 aromatic heterocycles. The number of rotatable bonds is 3. The van der Waals surface area contributed by atoms with Crippen LogP contribution < -0.4 is 16.8 Å². The predicted octanol–water partition coefficient (Wildman–Crippen LogP) is 2.21. The number of hydrogen-bond acceptors (Lipinski definition) is 4. The van der Waals surface area contributed by atoms with Gasteiger partial charge in [-0.2, -0.15) is 0 Å². The number of carbonyl (C=O) groups is 1. The first kappa shape index (κ1) is 13.5. The number of carbonyl (C=O) groups excluding carboxylic acids is 1. The van der Waals surface area contributed by atoms with Crippen LogP contribution in [0.1, 0.15) is 5.56 Å². The highest BCUT2D eigenvalue weighted by molar-refractivity contribution is 6.02. The maximum absolute atomic E-state index is 11.7. The Balaban J connectivity index is 2.05. The van der Waals surface area contributed by atoms with Gasteiger partial charge in [-0.3, -0.25) is 4.79 Å². The Bertz CT molecular complexity index is 649. The first-order valence-electron chi connectivity index (χ1n) is 5.98. The van der Waals surface area contributed by atoms with E-state index in [9.17, 15) is 4.79 Å². The molecule has 2 aromatic carbocycles. The van der Waals surface area contributed by atoms with Crippen molar-refractivity contribution in [1.82, 2.24) is 0 Å². The number of nitrogen functional groups attached to an aromatic ring is 2. The number of aromatic hydroxyl groups is 1. The first-order valence-corrected chi connectivity index (χ1v) is 5.98. The van der Waals surface area contributed by atoms with E-state index in [2.05, 4.69) is 5.32 Å². The lowest BCUT2D eigenvalue weighted by atomic mass is 10.1. The van der Waals surface area contributed by atoms with Crippen molar-refractivity contribution in [3.63, 3.8) is 0 Å². The quantitative estimate of drug-likeness (QED) is 0.390. The van der Waals surface area contributed by atoms with Crippen LogP contribution in [-0.2, 0) is 4.79 Å². The molecule has 0 aliphatic rings. The number of phenolic OH excluding ortho intramolecular Hbond substituents is 1. The third kappa shape index (κ3) is 3.52. The third-order valence-corrected chi connectivity index (χ3v) is 2.66. The second kappa shape index (κ2) is 5.79. The molecule has 2 rings (SSSR count). The molecule has 5 heteroatoms. The maximum Gasteiger partial charge on any atom is 0.248 e. The van der Waals surface area contributed by atoms with E-state index >= 15 is 0 Å². The summed E-state index contributed by atoms with van der Waals surface area (Å²) in [5.41, 5.74) is 13.8. The van der Waals surface area contributed by atoms with E-state index < -0.39 is 0 Å². The molecule has 0 aliphatic heterocycles. The summed E-state index contributed by atoms with van der Waals surface area (Å²) in [6, 6.07) is 11.3. The molecule has 6 N–H and O–H groups in total. The number of amides is 1. The fraction of sp³-hybridized carbons (Fsp3) is 0. The monoisotopic (exact) mass is 269 g/mol. The second-order valence-corrected chi connectivity index (χ2v) is 4.26. The summed E-state index contributed by atoms with van der Waals surface area (Å²) in [7, 11) is 0. The largest absolute Gasteiger partial charge is 0.508 e. The lowest BCUT2D eigenvalue weighted by Gasteiger charge is -2.03. The van der Waals surface area contributed by atoms with Crippen molar-refractivity contribution in [2.45, 2.75) is 0 Å². The summed E-state index contributed by atoms with van der Waals surface area (Å²) < 4.78 is 0. The van der Waals surface area contributed by atoms with Crippen LogP contribution in [0.15, 0.2) is 48.5 Å². The fourth-order valence-electron chi connectivity index (χ4n) is 1.63. The van der Waals surface area contributed by atoms with Gasteiger partial charge in [0.15, 0.2) is 0 Å². The van der Waals surface area contributed by atoms with Gasteiger partial charge in [-0.25, -0.2) is 0 Å². The van der Waals surface area contributed by atoms with Gasteiger partial charge < -0.3 is 21.9 Å². The molecule has 0 saturated heterocycles. The summed E-state index contributed by atoms with van der Waals surface area (Å²) in [5.74, 6) is -0.149. The minimum absolute atomic E-state index is 0.145. The van der Waals surface area contributed by atoms with Crippen LogP contribution in [0, 0.1) is 0 Å². The van der Waals surface area contributed by atoms with Crippen LogP contribution in [0.3, 0.4) is 0 Å². The van der Waals surface area contributed by atoms with E-state index in [-0.39, 0.29) is 11.7 Å². The summed E-state index contributed by atoms with van der Waals surface area (Å²) in [4.78, 5) is 11.7. The lowest BCUT2D eigenvalue weighted by Crippen LogP contribution is -2.07. The second-order valence-electron chi connectivity index (χ2n) is 4.26. The van der Waals surface area contributed by atoms with E-state index in [4.69, 9.17) is 16.6 Å². The molecule has 102 valence electrons. The zero-order chi connectivity index (χ0) is 14.5. The highest BCUT2D eigenvalue weighted by Crippen LogP contribution is 2.17. The maximum atomic E-state index is 11.7. The number of hydrogen-bond donors (Lipinski definition) is 4. The van der Waals surface area contributed by atoms with Crippen molar-refractivity contribution in [2.24, 2.45) is 0 Å². The van der Waals surface area contributed by atoms with Crippen LogP contribution in [0.4, 0.5) is 17.1 Å². The first-order chi connectivity index (χ1) is 9.54. The van der Waals surface area contributed by atoms with Crippen molar-refractivity contribution in [2.75, 3.05) is 16.8 Å². The standard InChI is InChI=1S/C15H15N3O2/c16-11-2-7-14(17)10(9-11)1-8-15(20)18-12-3-5-13(19)6-4-12/h1-9,19H,16-17H2,(H,18,20). The number of anilines is 3. The highest BCUT2D eigenvalue weighted by atomic mass is 16.3. The predicted molar refractivity (Wildman–Crippen MR) is 81.0 cm³/mol. The Labute approximate surface area is 116 Å². The van der Waals surface area contributed by atoms with Gasteiger partial charge in [0.25, 0.3) is 0 Å². The molecular weight excluding hydrogens is 254 g/mol. The Morgan fingerprint density at radius 3 is 2.50 bits per heavy atom. The molecule has 5 nitrogen and oxygen atoms in total. The van der Waals surface area contributed by atoms with Crippen molar-refractivity contribution < 1.29 is 9.90 Å². The van der Waals surface area contributed by atoms with Gasteiger partial charge in [-0.05, 0) is 54.1 Å². The van der Waals surface area contributed by atoms with E-state index in [1.54, 1.807) is 36.4 Å². The van der Waals surface area contributed by atoms with Crippen molar-refractivity contribution in [1.29, 1.82) is 0 Å². The third-order valence-electron chi connectivity index (χ3n) is 2.66. The number of phenols is 1. The van der Waals surface area contributed by atoms with Gasteiger partial charge in [-0.1, -0.05) is 0 Å². The molecule has 0 atom stereocenters. The van der Waals surface area contributed by atoms with E-state index in [0.29, 0.717) is 22.6 Å². The molecule has 20 heavy (non-hydrogen) atoms. The van der Waals surface area contributed by atoms with Crippen LogP contribution >= 0.6 is 0 Å². The summed E-state index contributed by atoms with van der Waals surface area (Å²) in [5, 5.41) is 11.8. The number of nitrogens with two attached hydrogens (primary N) is 2. The topological polar surface area (TPSA) is 101 Å². The van der Waals surface area contributed by atoms with Crippen LogP contribution in [0.25, 0.3) is 6.08 Å². The van der Waals surface area contributed by atoms with Gasteiger partial charge in [-0.15, -0.1) is 0 Å². The Hall–Kier alpha value is -2.95. The molecule has 1 amide bonds. The average molecular weight is 269 g/mol. The Morgan fingerprint density at radius 1 is 1.10 bits per heavy atom. The van der Waals surface area contributed by atoms with Gasteiger partial charge in [0, 0.05) is 23.1 Å². The van der Waals surface area contributed by atoms with Gasteiger partial charge in [0.05, 0.1) is 0 Å².